The summed E-state index contributed by atoms with van der Waals surface area (Å²) < 4.78 is 1.97. The van der Waals surface area contributed by atoms with E-state index in [2.05, 4.69) is 38.0 Å². The van der Waals surface area contributed by atoms with Gasteiger partial charge in [-0.1, -0.05) is 25.5 Å². The van der Waals surface area contributed by atoms with Crippen LogP contribution in [0.15, 0.2) is 29.5 Å². The zero-order chi connectivity index (χ0) is 20.4. The molecule has 0 radical (unpaired) electrons. The van der Waals surface area contributed by atoms with Crippen LogP contribution in [-0.2, 0) is 11.3 Å². The lowest BCUT2D eigenvalue weighted by Crippen LogP contribution is -2.50. The largest absolute Gasteiger partial charge is 0.393 e. The van der Waals surface area contributed by atoms with E-state index in [9.17, 15) is 9.90 Å². The van der Waals surface area contributed by atoms with E-state index in [-0.39, 0.29) is 16.9 Å². The average Bonchev–Trinajstić information content (AvgIpc) is 3.25. The third kappa shape index (κ3) is 2.74. The Morgan fingerprint density at radius 3 is 2.79 bits per heavy atom. The van der Waals surface area contributed by atoms with Crippen LogP contribution in [-0.4, -0.2) is 26.8 Å². The van der Waals surface area contributed by atoms with Crippen molar-refractivity contribution in [2.75, 3.05) is 0 Å². The molecule has 0 bridgehead atoms. The van der Waals surface area contributed by atoms with Crippen molar-refractivity contribution in [3.05, 3.63) is 35.2 Å². The molecule has 0 aliphatic heterocycles. The smallest absolute Gasteiger partial charge is 0.165 e. The number of fused-ring (bicyclic) bond motifs is 5. The van der Waals surface area contributed by atoms with Gasteiger partial charge in [-0.25, -0.2) is 0 Å². The Labute approximate surface area is 174 Å². The summed E-state index contributed by atoms with van der Waals surface area (Å²) in [7, 11) is 0. The second-order valence-corrected chi connectivity index (χ2v) is 10.4. The molecule has 4 aliphatic rings. The maximum atomic E-state index is 13.5. The molecule has 1 aromatic rings. The van der Waals surface area contributed by atoms with Gasteiger partial charge in [0.25, 0.3) is 0 Å². The van der Waals surface area contributed by atoms with Gasteiger partial charge in [-0.2, -0.15) is 5.10 Å². The van der Waals surface area contributed by atoms with Gasteiger partial charge >= 0.3 is 0 Å². The van der Waals surface area contributed by atoms with Gasteiger partial charge in [0.1, 0.15) is 0 Å². The minimum absolute atomic E-state index is 0.161. The molecule has 0 amide bonds. The molecule has 1 heterocycles. The van der Waals surface area contributed by atoms with E-state index < -0.39 is 0 Å². The number of carbonyl (C=O) groups excluding carboxylic acids is 1. The van der Waals surface area contributed by atoms with Crippen molar-refractivity contribution in [3.8, 4) is 0 Å². The molecule has 4 aliphatic carbocycles. The normalized spacial score (nSPS) is 43.0. The van der Waals surface area contributed by atoms with E-state index in [1.807, 2.05) is 16.9 Å². The lowest BCUT2D eigenvalue weighted by molar-refractivity contribution is -0.130. The van der Waals surface area contributed by atoms with Crippen LogP contribution in [0.3, 0.4) is 0 Å². The van der Waals surface area contributed by atoms with Crippen molar-refractivity contribution in [1.82, 2.24) is 9.78 Å². The summed E-state index contributed by atoms with van der Waals surface area (Å²) in [5.74, 6) is 2.06. The molecule has 0 aromatic carbocycles. The Hall–Kier alpha value is -1.68. The van der Waals surface area contributed by atoms with E-state index in [1.165, 1.54) is 5.57 Å². The second-order valence-electron chi connectivity index (χ2n) is 10.4. The van der Waals surface area contributed by atoms with Crippen molar-refractivity contribution < 1.29 is 9.90 Å². The highest BCUT2D eigenvalue weighted by Gasteiger charge is 2.59. The van der Waals surface area contributed by atoms with Gasteiger partial charge in [-0.05, 0) is 92.8 Å². The molecule has 0 saturated heterocycles. The summed E-state index contributed by atoms with van der Waals surface area (Å²) in [5, 5.41) is 14.6. The van der Waals surface area contributed by atoms with E-state index in [4.69, 9.17) is 0 Å². The number of allylic oxidation sites excluding steroid dienone is 2. The molecule has 1 aromatic heterocycles. The number of hydrogen-bond donors (Lipinski definition) is 1. The molecular weight excluding hydrogens is 360 g/mol. The molecule has 29 heavy (non-hydrogen) atoms. The maximum absolute atomic E-state index is 13.5. The molecule has 156 valence electrons. The van der Waals surface area contributed by atoms with E-state index in [0.29, 0.717) is 23.5 Å². The number of ketones is 1. The van der Waals surface area contributed by atoms with Crippen LogP contribution >= 0.6 is 0 Å². The number of aryl methyl sites for hydroxylation is 1. The summed E-state index contributed by atoms with van der Waals surface area (Å²) in [6.45, 7) is 7.59. The Morgan fingerprint density at radius 2 is 2.00 bits per heavy atom. The summed E-state index contributed by atoms with van der Waals surface area (Å²) in [6, 6.07) is 2.01. The predicted octanol–water partition coefficient (Wildman–Crippen LogP) is 4.79. The molecule has 5 rings (SSSR count). The molecule has 3 saturated carbocycles. The summed E-state index contributed by atoms with van der Waals surface area (Å²) >= 11 is 0. The Morgan fingerprint density at radius 1 is 1.21 bits per heavy atom. The van der Waals surface area contributed by atoms with Crippen molar-refractivity contribution in [2.24, 2.45) is 28.6 Å². The number of carbonyl (C=O) groups is 1. The lowest BCUT2D eigenvalue weighted by Gasteiger charge is -2.56. The zero-order valence-electron chi connectivity index (χ0n) is 18.0. The first-order chi connectivity index (χ1) is 13.9. The summed E-state index contributed by atoms with van der Waals surface area (Å²) in [6.07, 6.45) is 13.2. The number of hydrogen-bond acceptors (Lipinski definition) is 3. The van der Waals surface area contributed by atoms with Crippen LogP contribution in [0.25, 0.3) is 6.08 Å². The van der Waals surface area contributed by atoms with Crippen molar-refractivity contribution >= 4 is 11.9 Å². The van der Waals surface area contributed by atoms with Gasteiger partial charge in [0, 0.05) is 18.2 Å². The van der Waals surface area contributed by atoms with Gasteiger partial charge in [-0.3, -0.25) is 9.48 Å². The number of nitrogens with zero attached hydrogens (tertiary/aromatic N) is 2. The standard InChI is InChI=1S/C25H34N2O2/c1-4-27-18(9-12-26-27)13-16-14-22-20-6-5-17-15-19(28)7-10-24(17,2)21(20)8-11-25(22,3)23(16)29/h5,9,12-13,19-22,28H,4,6-8,10-11,14-15H2,1-3H3/b16-13+. The van der Waals surface area contributed by atoms with Crippen LogP contribution in [0, 0.1) is 28.6 Å². The average molecular weight is 395 g/mol. The fourth-order valence-corrected chi connectivity index (χ4v) is 7.35. The Kier molecular flexibility index (Phi) is 4.43. The van der Waals surface area contributed by atoms with E-state index >= 15 is 0 Å². The van der Waals surface area contributed by atoms with Gasteiger partial charge in [0.05, 0.1) is 11.8 Å². The molecule has 4 heteroatoms. The summed E-state index contributed by atoms with van der Waals surface area (Å²) in [5.41, 5.74) is 3.56. The highest BCUT2D eigenvalue weighted by atomic mass is 16.3. The van der Waals surface area contributed by atoms with E-state index in [1.54, 1.807) is 0 Å². The number of aliphatic hydroxyl groups excluding tert-OH is 1. The third-order valence-electron chi connectivity index (χ3n) is 9.09. The summed E-state index contributed by atoms with van der Waals surface area (Å²) in [4.78, 5) is 13.5. The highest BCUT2D eigenvalue weighted by molar-refractivity contribution is 6.05. The maximum Gasteiger partial charge on any atom is 0.165 e. The molecule has 6 unspecified atom stereocenters. The number of aliphatic hydroxyl groups is 1. The van der Waals surface area contributed by atoms with Crippen LogP contribution in [0.4, 0.5) is 0 Å². The lowest BCUT2D eigenvalue weighted by atomic mass is 9.48. The number of Topliss-reactive ketones (excluding diaryl/α,β-unsaturated/α-hetero) is 1. The Balaban J connectivity index is 1.48. The van der Waals surface area contributed by atoms with E-state index in [0.717, 1.165) is 62.8 Å². The van der Waals surface area contributed by atoms with Crippen molar-refractivity contribution in [3.63, 3.8) is 0 Å². The van der Waals surface area contributed by atoms with Crippen LogP contribution < -0.4 is 0 Å². The monoisotopic (exact) mass is 394 g/mol. The quantitative estimate of drug-likeness (QED) is 0.580. The van der Waals surface area contributed by atoms with Crippen LogP contribution in [0.5, 0.6) is 0 Å². The number of aromatic nitrogens is 2. The van der Waals surface area contributed by atoms with Crippen LogP contribution in [0.2, 0.25) is 0 Å². The van der Waals surface area contributed by atoms with Gasteiger partial charge in [-0.15, -0.1) is 0 Å². The van der Waals surface area contributed by atoms with Crippen molar-refractivity contribution in [1.29, 1.82) is 0 Å². The first-order valence-corrected chi connectivity index (χ1v) is 11.5. The van der Waals surface area contributed by atoms with Crippen molar-refractivity contribution in [2.45, 2.75) is 78.4 Å². The second kappa shape index (κ2) is 6.66. The topological polar surface area (TPSA) is 55.1 Å². The zero-order valence-corrected chi connectivity index (χ0v) is 18.0. The minimum Gasteiger partial charge on any atom is -0.393 e. The predicted molar refractivity (Wildman–Crippen MR) is 114 cm³/mol. The van der Waals surface area contributed by atoms with Gasteiger partial charge in [0.2, 0.25) is 0 Å². The molecule has 1 N–H and O–H groups in total. The fourth-order valence-electron chi connectivity index (χ4n) is 7.35. The first kappa shape index (κ1) is 19.3. The SMILES string of the molecule is CCn1nccc1/C=C1\CC2C3CC=C4CC(O)CCC4(C)C3CCC2(C)C1=O. The third-order valence-corrected chi connectivity index (χ3v) is 9.09. The molecule has 6 atom stereocenters. The highest BCUT2D eigenvalue weighted by Crippen LogP contribution is 2.64. The minimum atomic E-state index is -0.208. The molecule has 0 spiro atoms. The molecule has 3 fully saturated rings. The van der Waals surface area contributed by atoms with Crippen LogP contribution in [0.1, 0.15) is 71.4 Å². The van der Waals surface area contributed by atoms with Gasteiger partial charge < -0.3 is 5.11 Å². The first-order valence-electron chi connectivity index (χ1n) is 11.5. The molecule has 4 nitrogen and oxygen atoms in total. The van der Waals surface area contributed by atoms with Gasteiger partial charge in [0.15, 0.2) is 5.78 Å². The number of rotatable bonds is 2. The fraction of sp³-hybridized carbons (Fsp3) is 0.680. The Bertz CT molecular complexity index is 896. The molecular formula is C25H34N2O2.